The van der Waals surface area contributed by atoms with Crippen molar-refractivity contribution in [3.05, 3.63) is 70.3 Å². The number of rotatable bonds is 5. The lowest BCUT2D eigenvalue weighted by atomic mass is 9.94. The van der Waals surface area contributed by atoms with Gasteiger partial charge in [-0.25, -0.2) is 0 Å². The van der Waals surface area contributed by atoms with Gasteiger partial charge in [0, 0.05) is 19.6 Å². The van der Waals surface area contributed by atoms with Crippen molar-refractivity contribution in [2.45, 2.75) is 58.5 Å². The fourth-order valence-electron chi connectivity index (χ4n) is 4.75. The topological polar surface area (TPSA) is 6.48 Å². The minimum Gasteiger partial charge on any atom is -0.299 e. The second-order valence-corrected chi connectivity index (χ2v) is 8.67. The highest BCUT2D eigenvalue weighted by Gasteiger charge is 2.24. The van der Waals surface area contributed by atoms with Crippen molar-refractivity contribution in [2.24, 2.45) is 0 Å². The van der Waals surface area contributed by atoms with E-state index in [9.17, 15) is 0 Å². The second kappa shape index (κ2) is 8.58. The molecule has 0 N–H and O–H groups in total. The first-order valence-electron chi connectivity index (χ1n) is 10.8. The average Bonchev–Trinajstić information content (AvgIpc) is 3.15. The summed E-state index contributed by atoms with van der Waals surface area (Å²) in [5.41, 5.74) is 7.46. The fourth-order valence-corrected chi connectivity index (χ4v) is 4.75. The van der Waals surface area contributed by atoms with Crippen molar-refractivity contribution in [1.29, 1.82) is 0 Å². The molecule has 2 aromatic carbocycles. The summed E-state index contributed by atoms with van der Waals surface area (Å²) in [6, 6.07) is 16.1. The molecule has 2 heterocycles. The summed E-state index contributed by atoms with van der Waals surface area (Å²) in [5, 5.41) is 0. The van der Waals surface area contributed by atoms with E-state index in [2.05, 4.69) is 66.1 Å². The van der Waals surface area contributed by atoms with Crippen LogP contribution in [0.4, 0.5) is 0 Å². The molecule has 4 rings (SSSR count). The Morgan fingerprint density at radius 3 is 2.33 bits per heavy atom. The van der Waals surface area contributed by atoms with Crippen molar-refractivity contribution in [2.75, 3.05) is 26.2 Å². The zero-order valence-corrected chi connectivity index (χ0v) is 17.1. The van der Waals surface area contributed by atoms with Crippen LogP contribution >= 0.6 is 0 Å². The third kappa shape index (κ3) is 4.62. The van der Waals surface area contributed by atoms with Gasteiger partial charge in [0.1, 0.15) is 0 Å². The monoisotopic (exact) mass is 362 g/mol. The number of piperidine rings is 1. The highest BCUT2D eigenvalue weighted by molar-refractivity contribution is 5.34. The normalized spacial score (nSPS) is 21.6. The summed E-state index contributed by atoms with van der Waals surface area (Å²) in [7, 11) is 0. The number of nitrogens with zero attached hydrogens (tertiary/aromatic N) is 2. The van der Waals surface area contributed by atoms with Crippen molar-refractivity contribution >= 4 is 0 Å². The molecule has 27 heavy (non-hydrogen) atoms. The highest BCUT2D eigenvalue weighted by Crippen LogP contribution is 2.30. The molecule has 1 atom stereocenters. The van der Waals surface area contributed by atoms with Gasteiger partial charge in [-0.1, -0.05) is 48.9 Å². The molecule has 144 valence electrons. The maximum absolute atomic E-state index is 2.65. The standard InChI is InChI=1S/C25H34N2/c1-20-8-4-5-9-23(20)17-27-15-12-24(18-27)22-11-10-21(2)25(16-22)19-26-13-6-3-7-14-26/h4-5,8-11,16,24H,3,6-7,12-15,17-19H2,1-2H3. The Labute approximate surface area is 165 Å². The Bertz CT molecular complexity index is 761. The van der Waals surface area contributed by atoms with Crippen molar-refractivity contribution < 1.29 is 0 Å². The largest absolute Gasteiger partial charge is 0.299 e. The Hall–Kier alpha value is -1.64. The van der Waals surface area contributed by atoms with Gasteiger partial charge in [0.25, 0.3) is 0 Å². The first kappa shape index (κ1) is 18.7. The maximum Gasteiger partial charge on any atom is 0.0236 e. The quantitative estimate of drug-likeness (QED) is 0.714. The fraction of sp³-hybridized carbons (Fsp3) is 0.520. The molecule has 2 nitrogen and oxygen atoms in total. The van der Waals surface area contributed by atoms with Gasteiger partial charge in [-0.2, -0.15) is 0 Å². The van der Waals surface area contributed by atoms with Crippen LogP contribution in [-0.2, 0) is 13.1 Å². The zero-order valence-electron chi connectivity index (χ0n) is 17.1. The minimum absolute atomic E-state index is 0.690. The van der Waals surface area contributed by atoms with Crippen LogP contribution in [0.2, 0.25) is 0 Å². The first-order chi connectivity index (χ1) is 13.2. The number of hydrogen-bond donors (Lipinski definition) is 0. The molecule has 0 radical (unpaired) electrons. The molecular formula is C25H34N2. The zero-order chi connectivity index (χ0) is 18.6. The Morgan fingerprint density at radius 2 is 1.52 bits per heavy atom. The van der Waals surface area contributed by atoms with E-state index in [0.29, 0.717) is 5.92 Å². The molecular weight excluding hydrogens is 328 g/mol. The molecule has 2 heteroatoms. The van der Waals surface area contributed by atoms with Gasteiger partial charge in [0.15, 0.2) is 0 Å². The van der Waals surface area contributed by atoms with E-state index in [4.69, 9.17) is 0 Å². The third-order valence-corrected chi connectivity index (χ3v) is 6.61. The van der Waals surface area contributed by atoms with Crippen molar-refractivity contribution in [3.8, 4) is 0 Å². The van der Waals surface area contributed by atoms with E-state index in [-0.39, 0.29) is 0 Å². The van der Waals surface area contributed by atoms with Gasteiger partial charge >= 0.3 is 0 Å². The lowest BCUT2D eigenvalue weighted by Gasteiger charge is -2.27. The van der Waals surface area contributed by atoms with Gasteiger partial charge in [-0.15, -0.1) is 0 Å². The Kier molecular flexibility index (Phi) is 5.95. The maximum atomic E-state index is 2.65. The molecule has 0 saturated carbocycles. The third-order valence-electron chi connectivity index (χ3n) is 6.61. The Balaban J connectivity index is 1.41. The van der Waals surface area contributed by atoms with E-state index >= 15 is 0 Å². The predicted octanol–water partition coefficient (Wildman–Crippen LogP) is 5.28. The number of aryl methyl sites for hydroxylation is 2. The summed E-state index contributed by atoms with van der Waals surface area (Å²) >= 11 is 0. The van der Waals surface area contributed by atoms with Crippen LogP contribution in [-0.4, -0.2) is 36.0 Å². The predicted molar refractivity (Wildman–Crippen MR) is 114 cm³/mol. The molecule has 0 amide bonds. The summed E-state index contributed by atoms with van der Waals surface area (Å²) in [6.07, 6.45) is 5.44. The van der Waals surface area contributed by atoms with Crippen LogP contribution < -0.4 is 0 Å². The van der Waals surface area contributed by atoms with Crippen LogP contribution in [0.15, 0.2) is 42.5 Å². The molecule has 0 spiro atoms. The molecule has 2 aromatic rings. The molecule has 0 aliphatic carbocycles. The van der Waals surface area contributed by atoms with Crippen LogP contribution in [0.25, 0.3) is 0 Å². The van der Waals surface area contributed by atoms with Gasteiger partial charge in [-0.05, 0) is 86.5 Å². The molecule has 2 aliphatic rings. The SMILES string of the molecule is Cc1ccc(C2CCN(Cc3ccccc3C)C2)cc1CN1CCCCC1. The smallest absolute Gasteiger partial charge is 0.0236 e. The lowest BCUT2D eigenvalue weighted by molar-refractivity contribution is 0.220. The van der Waals surface area contributed by atoms with Gasteiger partial charge in [0.05, 0.1) is 0 Å². The van der Waals surface area contributed by atoms with E-state index in [0.717, 1.165) is 13.1 Å². The Morgan fingerprint density at radius 1 is 0.778 bits per heavy atom. The highest BCUT2D eigenvalue weighted by atomic mass is 15.1. The van der Waals surface area contributed by atoms with Crippen LogP contribution in [0.5, 0.6) is 0 Å². The number of benzene rings is 2. The number of likely N-dealkylation sites (tertiary alicyclic amines) is 2. The summed E-state index contributed by atoms with van der Waals surface area (Å²) in [5.74, 6) is 0.690. The molecule has 2 saturated heterocycles. The first-order valence-corrected chi connectivity index (χ1v) is 10.8. The van der Waals surface area contributed by atoms with E-state index in [1.165, 1.54) is 68.6 Å². The molecule has 2 aliphatic heterocycles. The molecule has 2 fully saturated rings. The van der Waals surface area contributed by atoms with Crippen LogP contribution in [0.3, 0.4) is 0 Å². The second-order valence-electron chi connectivity index (χ2n) is 8.67. The van der Waals surface area contributed by atoms with Gasteiger partial charge in [-0.3, -0.25) is 9.80 Å². The van der Waals surface area contributed by atoms with Crippen molar-refractivity contribution in [1.82, 2.24) is 9.80 Å². The molecule has 0 bridgehead atoms. The summed E-state index contributed by atoms with van der Waals surface area (Å²) in [4.78, 5) is 5.28. The van der Waals surface area contributed by atoms with Crippen LogP contribution in [0, 0.1) is 13.8 Å². The van der Waals surface area contributed by atoms with Crippen LogP contribution in [0.1, 0.15) is 59.4 Å². The molecule has 0 aromatic heterocycles. The number of hydrogen-bond acceptors (Lipinski definition) is 2. The average molecular weight is 363 g/mol. The van der Waals surface area contributed by atoms with E-state index in [1.54, 1.807) is 11.1 Å². The van der Waals surface area contributed by atoms with Gasteiger partial charge in [0.2, 0.25) is 0 Å². The summed E-state index contributed by atoms with van der Waals surface area (Å²) in [6.45, 7) is 11.7. The van der Waals surface area contributed by atoms with Crippen molar-refractivity contribution in [3.63, 3.8) is 0 Å². The van der Waals surface area contributed by atoms with E-state index < -0.39 is 0 Å². The lowest BCUT2D eigenvalue weighted by Crippen LogP contribution is -2.29. The summed E-state index contributed by atoms with van der Waals surface area (Å²) < 4.78 is 0. The minimum atomic E-state index is 0.690. The van der Waals surface area contributed by atoms with E-state index in [1.807, 2.05) is 0 Å². The molecule has 1 unspecified atom stereocenters. The van der Waals surface area contributed by atoms with Gasteiger partial charge < -0.3 is 0 Å².